The zero-order chi connectivity index (χ0) is 26.1. The Morgan fingerprint density at radius 2 is 1.67 bits per heavy atom. The molecular weight excluding hydrogens is 490 g/mol. The van der Waals surface area contributed by atoms with Gasteiger partial charge in [0.15, 0.2) is 0 Å². The van der Waals surface area contributed by atoms with Crippen molar-refractivity contribution in [2.45, 2.75) is 5.92 Å². The molecule has 0 amide bonds. The Bertz CT molecular complexity index is 1680. The lowest BCUT2D eigenvalue weighted by atomic mass is 9.84. The Morgan fingerprint density at radius 1 is 1.11 bits per heavy atom. The number of hydrogen-bond acceptors (Lipinski definition) is 10. The molecule has 36 heavy (non-hydrogen) atoms. The Morgan fingerprint density at radius 3 is 2.17 bits per heavy atom. The van der Waals surface area contributed by atoms with E-state index in [1.165, 1.54) is 54.6 Å². The van der Waals surface area contributed by atoms with Crippen LogP contribution in [-0.2, 0) is 9.53 Å². The molecule has 2 heterocycles. The molecule has 2 aromatic carbocycles. The number of hydrogen-bond donors (Lipinski definition) is 1. The van der Waals surface area contributed by atoms with Crippen LogP contribution in [0.4, 0.5) is 11.4 Å². The summed E-state index contributed by atoms with van der Waals surface area (Å²) in [4.78, 5) is 47.0. The van der Waals surface area contributed by atoms with Gasteiger partial charge in [0.25, 0.3) is 16.9 Å². The van der Waals surface area contributed by atoms with Gasteiger partial charge in [-0.1, -0.05) is 12.1 Å². The predicted octanol–water partition coefficient (Wildman–Crippen LogP) is 1.33. The third-order valence-electron chi connectivity index (χ3n) is 5.51. The first-order chi connectivity index (χ1) is 17.2. The number of nitro groups is 2. The minimum absolute atomic E-state index is 0.0254. The molecule has 2 N–H and O–H groups in total. The molecule has 13 heteroatoms. The van der Waals surface area contributed by atoms with Gasteiger partial charge in [-0.05, 0) is 29.3 Å². The molecule has 180 valence electrons. The molecule has 4 rings (SSSR count). The number of nitro benzene ring substituents is 2. The number of thiazole rings is 1. The van der Waals surface area contributed by atoms with Crippen LogP contribution in [0.1, 0.15) is 17.0 Å². The van der Waals surface area contributed by atoms with Crippen LogP contribution in [0.15, 0.2) is 58.9 Å². The topological polar surface area (TPSA) is 184 Å². The standard InChI is InChI=1S/C23H15N5O7S/c1-35-23(30)19-18(13-4-8-15(9-5-13)28(33)34)16(11-24)20(25)26-21(29)17(36-22(19)26)10-12-2-6-14(7-3-12)27(31)32/h2-10,18H,25H2,1H3. The molecule has 0 fully saturated rings. The van der Waals surface area contributed by atoms with Crippen molar-refractivity contribution < 1.29 is 19.4 Å². The molecule has 0 saturated heterocycles. The fourth-order valence-electron chi connectivity index (χ4n) is 3.82. The van der Waals surface area contributed by atoms with Crippen molar-refractivity contribution >= 4 is 46.2 Å². The Hall–Kier alpha value is -5.09. The zero-order valence-electron chi connectivity index (χ0n) is 18.4. The van der Waals surface area contributed by atoms with E-state index in [9.17, 15) is 35.1 Å². The predicted molar refractivity (Wildman–Crippen MR) is 129 cm³/mol. The average molecular weight is 505 g/mol. The summed E-state index contributed by atoms with van der Waals surface area (Å²) in [6.45, 7) is 0. The van der Waals surface area contributed by atoms with Gasteiger partial charge in [0.1, 0.15) is 10.5 Å². The largest absolute Gasteiger partial charge is 0.466 e. The van der Waals surface area contributed by atoms with E-state index in [2.05, 4.69) is 0 Å². The number of allylic oxidation sites excluding steroid dienone is 1. The number of aromatic nitrogens is 1. The first-order valence-electron chi connectivity index (χ1n) is 10.1. The molecular formula is C23H15N5O7S. The first-order valence-corrected chi connectivity index (χ1v) is 10.9. The number of carbonyl (C=O) groups excluding carboxylic acids is 1. The van der Waals surface area contributed by atoms with Gasteiger partial charge in [-0.25, -0.2) is 4.79 Å². The summed E-state index contributed by atoms with van der Waals surface area (Å²) in [5, 5.41) is 31.9. The van der Waals surface area contributed by atoms with Crippen molar-refractivity contribution in [3.05, 3.63) is 105 Å². The van der Waals surface area contributed by atoms with Crippen LogP contribution >= 0.6 is 11.3 Å². The quantitative estimate of drug-likeness (QED) is 0.303. The average Bonchev–Trinajstić information content (AvgIpc) is 3.19. The highest BCUT2D eigenvalue weighted by atomic mass is 32.1. The van der Waals surface area contributed by atoms with Crippen molar-refractivity contribution in [1.29, 1.82) is 5.26 Å². The molecule has 1 aliphatic rings. The second kappa shape index (κ2) is 9.28. The summed E-state index contributed by atoms with van der Waals surface area (Å²) in [7, 11) is 1.15. The second-order valence-electron chi connectivity index (χ2n) is 7.50. The summed E-state index contributed by atoms with van der Waals surface area (Å²) >= 11 is 0.933. The van der Waals surface area contributed by atoms with E-state index in [4.69, 9.17) is 10.5 Å². The minimum Gasteiger partial charge on any atom is -0.466 e. The highest BCUT2D eigenvalue weighted by Gasteiger charge is 2.36. The minimum atomic E-state index is -1.03. The summed E-state index contributed by atoms with van der Waals surface area (Å²) < 4.78 is 6.30. The lowest BCUT2D eigenvalue weighted by Crippen LogP contribution is -2.40. The Balaban J connectivity index is 2.01. The number of rotatable bonds is 5. The maximum Gasteiger partial charge on any atom is 0.337 e. The molecule has 1 aliphatic heterocycles. The van der Waals surface area contributed by atoms with Crippen LogP contribution in [0, 0.1) is 31.6 Å². The number of methoxy groups -OCH3 is 1. The fraction of sp³-hybridized carbons (Fsp3) is 0.0870. The third-order valence-corrected chi connectivity index (χ3v) is 6.62. The van der Waals surface area contributed by atoms with Crippen molar-refractivity contribution in [2.75, 3.05) is 7.11 Å². The number of nitrogens with zero attached hydrogens (tertiary/aromatic N) is 4. The van der Waals surface area contributed by atoms with Crippen molar-refractivity contribution in [3.8, 4) is 6.07 Å². The number of non-ortho nitro benzene ring substituents is 2. The van der Waals surface area contributed by atoms with Gasteiger partial charge in [0.2, 0.25) is 0 Å². The van der Waals surface area contributed by atoms with E-state index >= 15 is 0 Å². The third kappa shape index (κ3) is 4.01. The maximum absolute atomic E-state index is 13.3. The molecule has 0 aliphatic carbocycles. The molecule has 0 bridgehead atoms. The van der Waals surface area contributed by atoms with Crippen LogP contribution in [-0.4, -0.2) is 27.5 Å². The monoisotopic (exact) mass is 505 g/mol. The maximum atomic E-state index is 13.3. The lowest BCUT2D eigenvalue weighted by Gasteiger charge is -2.24. The number of esters is 1. The van der Waals surface area contributed by atoms with Crippen molar-refractivity contribution in [3.63, 3.8) is 0 Å². The smallest absolute Gasteiger partial charge is 0.337 e. The first kappa shape index (κ1) is 24.0. The highest BCUT2D eigenvalue weighted by Crippen LogP contribution is 2.37. The van der Waals surface area contributed by atoms with E-state index in [0.29, 0.717) is 11.1 Å². The fourth-order valence-corrected chi connectivity index (χ4v) is 4.99. The second-order valence-corrected chi connectivity index (χ2v) is 8.53. The molecule has 0 spiro atoms. The van der Waals surface area contributed by atoms with E-state index in [-0.39, 0.29) is 37.5 Å². The van der Waals surface area contributed by atoms with Gasteiger partial charge in [-0.15, -0.1) is 11.3 Å². The van der Waals surface area contributed by atoms with Crippen LogP contribution in [0.5, 0.6) is 0 Å². The van der Waals surface area contributed by atoms with Crippen LogP contribution in [0.2, 0.25) is 0 Å². The summed E-state index contributed by atoms with van der Waals surface area (Å²) in [6, 6.07) is 12.7. The summed E-state index contributed by atoms with van der Waals surface area (Å²) in [6.07, 6.45) is 1.48. The Labute approximate surface area is 205 Å². The van der Waals surface area contributed by atoms with Crippen molar-refractivity contribution in [1.82, 2.24) is 4.57 Å². The molecule has 0 saturated carbocycles. The van der Waals surface area contributed by atoms with Gasteiger partial charge in [0.05, 0.1) is 44.6 Å². The molecule has 1 atom stereocenters. The number of ether oxygens (including phenoxy) is 1. The lowest BCUT2D eigenvalue weighted by molar-refractivity contribution is -0.385. The van der Waals surface area contributed by atoms with Crippen molar-refractivity contribution in [2.24, 2.45) is 5.73 Å². The zero-order valence-corrected chi connectivity index (χ0v) is 19.2. The number of nitrogens with two attached hydrogens (primary N) is 1. The summed E-state index contributed by atoms with van der Waals surface area (Å²) in [5.41, 5.74) is 6.08. The SMILES string of the molecule is COC(=O)C1=c2sc(=Cc3ccc([N+](=O)[O-])cc3)c(=O)n2C(N)=C(C#N)C1c1ccc([N+](=O)[O-])cc1. The van der Waals surface area contributed by atoms with Crippen LogP contribution in [0.25, 0.3) is 17.5 Å². The normalized spacial score (nSPS) is 15.3. The van der Waals surface area contributed by atoms with Gasteiger partial charge in [-0.3, -0.25) is 29.6 Å². The van der Waals surface area contributed by atoms with Gasteiger partial charge in [-0.2, -0.15) is 5.26 Å². The van der Waals surface area contributed by atoms with E-state index in [1.54, 1.807) is 0 Å². The molecule has 0 radical (unpaired) electrons. The molecule has 12 nitrogen and oxygen atoms in total. The number of benzene rings is 2. The molecule has 1 aromatic heterocycles. The molecule has 1 unspecified atom stereocenters. The van der Waals surface area contributed by atoms with E-state index < -0.39 is 27.3 Å². The van der Waals surface area contributed by atoms with Crippen LogP contribution in [0.3, 0.4) is 0 Å². The highest BCUT2D eigenvalue weighted by molar-refractivity contribution is 7.07. The number of carbonyl (C=O) groups is 1. The van der Waals surface area contributed by atoms with Gasteiger partial charge >= 0.3 is 5.97 Å². The van der Waals surface area contributed by atoms with E-state index in [1.807, 2.05) is 6.07 Å². The van der Waals surface area contributed by atoms with E-state index in [0.717, 1.165) is 23.0 Å². The number of nitriles is 1. The number of fused-ring (bicyclic) bond motifs is 1. The molecule has 3 aromatic rings. The van der Waals surface area contributed by atoms with Gasteiger partial charge < -0.3 is 10.5 Å². The Kier molecular flexibility index (Phi) is 6.20. The van der Waals surface area contributed by atoms with Gasteiger partial charge in [0, 0.05) is 24.3 Å². The summed E-state index contributed by atoms with van der Waals surface area (Å²) in [5.74, 6) is -2.03. The van der Waals surface area contributed by atoms with Crippen LogP contribution < -0.4 is 20.5 Å².